The highest BCUT2D eigenvalue weighted by Gasteiger charge is 2.27. The van der Waals surface area contributed by atoms with E-state index in [1.54, 1.807) is 19.2 Å². The molecule has 1 unspecified atom stereocenters. The van der Waals surface area contributed by atoms with Crippen LogP contribution in [0.2, 0.25) is 0 Å². The summed E-state index contributed by atoms with van der Waals surface area (Å²) in [7, 11) is 1.05. The predicted molar refractivity (Wildman–Crippen MR) is 112 cm³/mol. The van der Waals surface area contributed by atoms with Crippen molar-refractivity contribution in [1.82, 2.24) is 9.21 Å². The Balaban J connectivity index is 1.67. The van der Waals surface area contributed by atoms with Gasteiger partial charge in [0.15, 0.2) is 0 Å². The van der Waals surface area contributed by atoms with Crippen LogP contribution in [0, 0.1) is 0 Å². The third-order valence-corrected chi connectivity index (χ3v) is 6.92. The smallest absolute Gasteiger partial charge is 0.242 e. The van der Waals surface area contributed by atoms with E-state index in [2.05, 4.69) is 10.2 Å². The van der Waals surface area contributed by atoms with E-state index in [1.165, 1.54) is 26.2 Å². The minimum atomic E-state index is -3.55. The van der Waals surface area contributed by atoms with E-state index in [4.69, 9.17) is 4.74 Å². The van der Waals surface area contributed by atoms with E-state index in [9.17, 15) is 13.2 Å². The van der Waals surface area contributed by atoms with Crippen LogP contribution in [-0.4, -0.2) is 57.8 Å². The fourth-order valence-corrected chi connectivity index (χ4v) is 4.50. The first-order valence-corrected chi connectivity index (χ1v) is 11.0. The number of anilines is 1. The first-order chi connectivity index (χ1) is 13.8. The largest absolute Gasteiger partial charge is 0.497 e. The van der Waals surface area contributed by atoms with Crippen molar-refractivity contribution in [2.24, 2.45) is 0 Å². The van der Waals surface area contributed by atoms with Gasteiger partial charge in [-0.25, -0.2) is 12.7 Å². The normalized spacial score (nSPS) is 17.4. The molecule has 2 aromatic carbocycles. The summed E-state index contributed by atoms with van der Waals surface area (Å²) in [5, 5.41) is 2.83. The van der Waals surface area contributed by atoms with Gasteiger partial charge in [-0.05, 0) is 55.3 Å². The molecule has 1 fully saturated rings. The number of hydrogen-bond acceptors (Lipinski definition) is 5. The van der Waals surface area contributed by atoms with E-state index in [1.807, 2.05) is 24.3 Å². The quantitative estimate of drug-likeness (QED) is 0.749. The molecule has 1 amide bonds. The molecule has 3 rings (SSSR count). The van der Waals surface area contributed by atoms with Crippen LogP contribution < -0.4 is 10.1 Å². The van der Waals surface area contributed by atoms with Crippen molar-refractivity contribution in [3.63, 3.8) is 0 Å². The zero-order valence-corrected chi connectivity index (χ0v) is 17.8. The molecule has 0 aromatic heterocycles. The van der Waals surface area contributed by atoms with E-state index < -0.39 is 10.0 Å². The molecule has 1 N–H and O–H groups in total. The van der Waals surface area contributed by atoms with Crippen LogP contribution in [0.25, 0.3) is 0 Å². The van der Waals surface area contributed by atoms with Crippen LogP contribution in [0.5, 0.6) is 5.75 Å². The van der Waals surface area contributed by atoms with Gasteiger partial charge in [-0.2, -0.15) is 0 Å². The number of nitrogens with zero attached hydrogens (tertiary/aromatic N) is 2. The molecule has 1 aliphatic heterocycles. The first-order valence-electron chi connectivity index (χ1n) is 9.51. The maximum atomic E-state index is 12.6. The Morgan fingerprint density at radius 1 is 1.21 bits per heavy atom. The first kappa shape index (κ1) is 21.3. The molecule has 1 atom stereocenters. The maximum Gasteiger partial charge on any atom is 0.242 e. The number of carbonyl (C=O) groups excluding carboxylic acids is 1. The third kappa shape index (κ3) is 4.95. The molecular weight excluding hydrogens is 390 g/mol. The van der Waals surface area contributed by atoms with Gasteiger partial charge in [0, 0.05) is 25.8 Å². The molecule has 1 aliphatic rings. The maximum absolute atomic E-state index is 12.6. The topological polar surface area (TPSA) is 79.0 Å². The number of ether oxygens (including phenoxy) is 1. The predicted octanol–water partition coefficient (Wildman–Crippen LogP) is 2.72. The third-order valence-electron chi connectivity index (χ3n) is 5.11. The molecule has 0 bridgehead atoms. The zero-order valence-electron chi connectivity index (χ0n) is 17.0. The van der Waals surface area contributed by atoms with E-state index in [0.29, 0.717) is 5.69 Å². The number of hydrogen-bond donors (Lipinski definition) is 1. The molecule has 1 saturated heterocycles. The second-order valence-electron chi connectivity index (χ2n) is 7.27. The van der Waals surface area contributed by atoms with Crippen molar-refractivity contribution in [3.05, 3.63) is 54.1 Å². The van der Waals surface area contributed by atoms with Crippen LogP contribution in [0.15, 0.2) is 53.4 Å². The number of sulfonamides is 1. The number of benzene rings is 2. The second-order valence-corrected chi connectivity index (χ2v) is 9.42. The number of rotatable bonds is 7. The van der Waals surface area contributed by atoms with Gasteiger partial charge in [0.25, 0.3) is 0 Å². The highest BCUT2D eigenvalue weighted by molar-refractivity contribution is 7.89. The Labute approximate surface area is 172 Å². The molecule has 2 aromatic rings. The molecule has 1 heterocycles. The monoisotopic (exact) mass is 417 g/mol. The van der Waals surface area contributed by atoms with Crippen molar-refractivity contribution in [2.75, 3.05) is 39.6 Å². The van der Waals surface area contributed by atoms with Crippen LogP contribution in [-0.2, 0) is 14.8 Å². The molecular formula is C21H27N3O4S. The second kappa shape index (κ2) is 8.94. The van der Waals surface area contributed by atoms with Gasteiger partial charge in [-0.3, -0.25) is 9.69 Å². The van der Waals surface area contributed by atoms with Crippen LogP contribution in [0.1, 0.15) is 24.4 Å². The minimum Gasteiger partial charge on any atom is -0.497 e. The van der Waals surface area contributed by atoms with Gasteiger partial charge in [-0.1, -0.05) is 18.2 Å². The Kier molecular flexibility index (Phi) is 6.56. The highest BCUT2D eigenvalue weighted by atomic mass is 32.2. The molecule has 29 heavy (non-hydrogen) atoms. The van der Waals surface area contributed by atoms with E-state index in [-0.39, 0.29) is 23.4 Å². The Bertz CT molecular complexity index is 958. The number of likely N-dealkylation sites (tertiary alicyclic amines) is 1. The highest BCUT2D eigenvalue weighted by Crippen LogP contribution is 2.32. The number of nitrogens with one attached hydrogen (secondary N) is 1. The van der Waals surface area contributed by atoms with Crippen LogP contribution in [0.4, 0.5) is 5.69 Å². The number of methoxy groups -OCH3 is 1. The van der Waals surface area contributed by atoms with Gasteiger partial charge in [0.2, 0.25) is 15.9 Å². The SMILES string of the molecule is COc1ccc(C2CCCN2CC(=O)Nc2cccc(S(=O)(=O)N(C)C)c2)cc1. The lowest BCUT2D eigenvalue weighted by Crippen LogP contribution is -2.33. The summed E-state index contributed by atoms with van der Waals surface area (Å²) in [5.74, 6) is 0.647. The molecule has 156 valence electrons. The summed E-state index contributed by atoms with van der Waals surface area (Å²) < 4.78 is 30.9. The summed E-state index contributed by atoms with van der Waals surface area (Å²) >= 11 is 0. The minimum absolute atomic E-state index is 0.151. The van der Waals surface area contributed by atoms with Crippen molar-refractivity contribution < 1.29 is 17.9 Å². The standard InChI is InChI=1S/C21H27N3O4S/c1-23(2)29(26,27)19-7-4-6-17(14-19)22-21(25)15-24-13-5-8-20(24)16-9-11-18(28-3)12-10-16/h4,6-7,9-12,14,20H,5,8,13,15H2,1-3H3,(H,22,25). The molecule has 7 nitrogen and oxygen atoms in total. The summed E-state index contributed by atoms with van der Waals surface area (Å²) in [6.07, 6.45) is 2.02. The average Bonchev–Trinajstić information content (AvgIpc) is 3.16. The Hall–Kier alpha value is -2.42. The fourth-order valence-electron chi connectivity index (χ4n) is 3.55. The van der Waals surface area contributed by atoms with Gasteiger partial charge in [0.1, 0.15) is 5.75 Å². The lowest BCUT2D eigenvalue weighted by atomic mass is 10.0. The van der Waals surface area contributed by atoms with Crippen molar-refractivity contribution in [3.8, 4) is 5.75 Å². The van der Waals surface area contributed by atoms with Crippen molar-refractivity contribution in [1.29, 1.82) is 0 Å². The average molecular weight is 418 g/mol. The molecule has 0 saturated carbocycles. The lowest BCUT2D eigenvalue weighted by molar-refractivity contribution is -0.117. The summed E-state index contributed by atoms with van der Waals surface area (Å²) in [6.45, 7) is 1.10. The van der Waals surface area contributed by atoms with Crippen molar-refractivity contribution >= 4 is 21.6 Å². The Morgan fingerprint density at radius 3 is 2.59 bits per heavy atom. The van der Waals surface area contributed by atoms with Gasteiger partial charge < -0.3 is 10.1 Å². The zero-order chi connectivity index (χ0) is 21.0. The van der Waals surface area contributed by atoms with Gasteiger partial charge in [0.05, 0.1) is 18.6 Å². The Morgan fingerprint density at radius 2 is 1.93 bits per heavy atom. The number of carbonyl (C=O) groups is 1. The molecule has 8 heteroatoms. The lowest BCUT2D eigenvalue weighted by Gasteiger charge is -2.24. The molecule has 0 aliphatic carbocycles. The molecule has 0 spiro atoms. The van der Waals surface area contributed by atoms with Crippen molar-refractivity contribution in [2.45, 2.75) is 23.8 Å². The van der Waals surface area contributed by atoms with Gasteiger partial charge in [-0.15, -0.1) is 0 Å². The van der Waals surface area contributed by atoms with Crippen LogP contribution >= 0.6 is 0 Å². The fraction of sp³-hybridized carbons (Fsp3) is 0.381. The molecule has 0 radical (unpaired) electrons. The van der Waals surface area contributed by atoms with Crippen LogP contribution in [0.3, 0.4) is 0 Å². The van der Waals surface area contributed by atoms with E-state index in [0.717, 1.165) is 35.0 Å². The summed E-state index contributed by atoms with van der Waals surface area (Å²) in [6, 6.07) is 14.4. The number of amides is 1. The van der Waals surface area contributed by atoms with Gasteiger partial charge >= 0.3 is 0 Å². The summed E-state index contributed by atoms with van der Waals surface area (Å²) in [4.78, 5) is 14.9. The summed E-state index contributed by atoms with van der Waals surface area (Å²) in [5.41, 5.74) is 1.63. The van der Waals surface area contributed by atoms with E-state index >= 15 is 0 Å².